The highest BCUT2D eigenvalue weighted by atomic mass is 19.1. The highest BCUT2D eigenvalue weighted by Crippen LogP contribution is 2.27. The van der Waals surface area contributed by atoms with Crippen molar-refractivity contribution >= 4 is 5.97 Å². The highest BCUT2D eigenvalue weighted by molar-refractivity contribution is 5.68. The largest absolute Gasteiger partial charge is 0.481 e. The fourth-order valence-corrected chi connectivity index (χ4v) is 1.96. The first-order valence-corrected chi connectivity index (χ1v) is 6.12. The van der Waals surface area contributed by atoms with E-state index in [4.69, 9.17) is 5.11 Å². The summed E-state index contributed by atoms with van der Waals surface area (Å²) in [6.45, 7) is 3.43. The van der Waals surface area contributed by atoms with Crippen molar-refractivity contribution in [2.75, 3.05) is 0 Å². The summed E-state index contributed by atoms with van der Waals surface area (Å²) in [6.07, 6.45) is -0.0288. The van der Waals surface area contributed by atoms with Gasteiger partial charge in [-0.2, -0.15) is 0 Å². The van der Waals surface area contributed by atoms with Crippen molar-refractivity contribution in [3.63, 3.8) is 0 Å². The molecule has 0 amide bonds. The Hall–Kier alpha value is -1.49. The minimum Gasteiger partial charge on any atom is -0.481 e. The summed E-state index contributed by atoms with van der Waals surface area (Å²) in [4.78, 5) is 10.8. The number of aryl methyl sites for hydroxylation is 1. The zero-order valence-electron chi connectivity index (χ0n) is 11.0. The van der Waals surface area contributed by atoms with Crippen molar-refractivity contribution in [1.82, 2.24) is 0 Å². The molecule has 0 heterocycles. The van der Waals surface area contributed by atoms with Crippen molar-refractivity contribution in [1.29, 1.82) is 0 Å². The Bertz CT molecular complexity index is 440. The van der Waals surface area contributed by atoms with Crippen molar-refractivity contribution in [2.24, 2.45) is 5.92 Å². The van der Waals surface area contributed by atoms with Crippen molar-refractivity contribution in [3.8, 4) is 0 Å². The van der Waals surface area contributed by atoms with Crippen molar-refractivity contribution in [2.45, 2.75) is 38.7 Å². The predicted octanol–water partition coefficient (Wildman–Crippen LogP) is 2.76. The smallest absolute Gasteiger partial charge is 0.306 e. The van der Waals surface area contributed by atoms with Gasteiger partial charge in [-0.15, -0.1) is 0 Å². The van der Waals surface area contributed by atoms with Gasteiger partial charge in [-0.25, -0.2) is 8.78 Å². The molecule has 0 aliphatic rings. The van der Waals surface area contributed by atoms with Crippen LogP contribution in [0, 0.1) is 17.6 Å². The Morgan fingerprint density at radius 1 is 1.26 bits per heavy atom. The van der Waals surface area contributed by atoms with Crippen LogP contribution in [-0.2, 0) is 11.2 Å². The van der Waals surface area contributed by atoms with Gasteiger partial charge < -0.3 is 10.2 Å². The van der Waals surface area contributed by atoms with E-state index >= 15 is 0 Å². The molecule has 0 spiro atoms. The maximum absolute atomic E-state index is 13.0. The second-order valence-electron chi connectivity index (χ2n) is 5.11. The van der Waals surface area contributed by atoms with Crippen LogP contribution in [0.2, 0.25) is 0 Å². The van der Waals surface area contributed by atoms with Gasteiger partial charge in [0.1, 0.15) is 11.6 Å². The monoisotopic (exact) mass is 272 g/mol. The van der Waals surface area contributed by atoms with Gasteiger partial charge in [-0.1, -0.05) is 13.8 Å². The fourth-order valence-electron chi connectivity index (χ4n) is 1.96. The number of aliphatic carboxylic acids is 1. The van der Waals surface area contributed by atoms with Gasteiger partial charge in [0, 0.05) is 6.07 Å². The average molecular weight is 272 g/mol. The van der Waals surface area contributed by atoms with Crippen LogP contribution in [0.15, 0.2) is 18.2 Å². The molecular weight excluding hydrogens is 254 g/mol. The van der Waals surface area contributed by atoms with E-state index in [1.807, 2.05) is 0 Å². The van der Waals surface area contributed by atoms with Gasteiger partial charge in [-0.05, 0) is 36.5 Å². The van der Waals surface area contributed by atoms with Crippen LogP contribution >= 0.6 is 0 Å². The molecular formula is C14H18F2O3. The lowest BCUT2D eigenvalue weighted by atomic mass is 9.82. The van der Waals surface area contributed by atoms with E-state index in [1.165, 1.54) is 12.1 Å². The van der Waals surface area contributed by atoms with Crippen LogP contribution in [0.5, 0.6) is 0 Å². The van der Waals surface area contributed by atoms with E-state index in [1.54, 1.807) is 13.8 Å². The number of carboxylic acid groups (broad SMARTS) is 1. The molecule has 0 aliphatic carbocycles. The maximum Gasteiger partial charge on any atom is 0.306 e. The topological polar surface area (TPSA) is 57.5 Å². The number of carboxylic acids is 1. The molecule has 0 saturated heterocycles. The Labute approximate surface area is 110 Å². The summed E-state index contributed by atoms with van der Waals surface area (Å²) < 4.78 is 26.0. The second kappa shape index (κ2) is 6.10. The number of halogens is 2. The summed E-state index contributed by atoms with van der Waals surface area (Å²) >= 11 is 0. The number of hydrogen-bond donors (Lipinski definition) is 2. The van der Waals surface area contributed by atoms with E-state index in [2.05, 4.69) is 0 Å². The summed E-state index contributed by atoms with van der Waals surface area (Å²) in [5.41, 5.74) is -0.976. The third kappa shape index (κ3) is 4.59. The third-order valence-electron chi connectivity index (χ3n) is 3.30. The molecule has 1 aromatic rings. The summed E-state index contributed by atoms with van der Waals surface area (Å²) in [5.74, 6) is -2.72. The molecule has 3 nitrogen and oxygen atoms in total. The van der Waals surface area contributed by atoms with E-state index in [0.29, 0.717) is 5.56 Å². The summed E-state index contributed by atoms with van der Waals surface area (Å²) in [7, 11) is 0. The minimum atomic E-state index is -1.38. The summed E-state index contributed by atoms with van der Waals surface area (Å²) in [5, 5.41) is 19.1. The third-order valence-corrected chi connectivity index (χ3v) is 3.30. The number of aliphatic hydroxyl groups is 1. The van der Waals surface area contributed by atoms with Crippen LogP contribution in [0.25, 0.3) is 0 Å². The van der Waals surface area contributed by atoms with Crippen LogP contribution in [-0.4, -0.2) is 21.8 Å². The van der Waals surface area contributed by atoms with Crippen LogP contribution in [0.3, 0.4) is 0 Å². The fraction of sp³-hybridized carbons (Fsp3) is 0.500. The quantitative estimate of drug-likeness (QED) is 0.837. The normalized spacial score (nSPS) is 14.4. The number of hydrogen-bond acceptors (Lipinski definition) is 2. The van der Waals surface area contributed by atoms with E-state index < -0.39 is 23.2 Å². The highest BCUT2D eigenvalue weighted by Gasteiger charge is 2.33. The molecule has 0 aromatic heterocycles. The SMILES string of the molecule is CC(C)[C@](O)(CCc1cc(F)cc(F)c1)CC(=O)O. The first kappa shape index (κ1) is 15.6. The van der Waals surface area contributed by atoms with E-state index in [9.17, 15) is 18.7 Å². The molecule has 1 aromatic carbocycles. The number of carbonyl (C=O) groups is 1. The molecule has 5 heteroatoms. The van der Waals surface area contributed by atoms with Gasteiger partial charge in [0.25, 0.3) is 0 Å². The zero-order chi connectivity index (χ0) is 14.6. The van der Waals surface area contributed by atoms with Gasteiger partial charge in [0.15, 0.2) is 0 Å². The van der Waals surface area contributed by atoms with Gasteiger partial charge in [-0.3, -0.25) is 4.79 Å². The molecule has 106 valence electrons. The lowest BCUT2D eigenvalue weighted by Gasteiger charge is -2.30. The van der Waals surface area contributed by atoms with Crippen LogP contribution < -0.4 is 0 Å². The van der Waals surface area contributed by atoms with Gasteiger partial charge in [0.05, 0.1) is 12.0 Å². The molecule has 0 aliphatic heterocycles. The molecule has 0 unspecified atom stereocenters. The first-order valence-electron chi connectivity index (χ1n) is 6.12. The molecule has 0 fully saturated rings. The average Bonchev–Trinajstić information content (AvgIpc) is 2.24. The van der Waals surface area contributed by atoms with Crippen LogP contribution in [0.1, 0.15) is 32.3 Å². The predicted molar refractivity (Wildman–Crippen MR) is 66.7 cm³/mol. The van der Waals surface area contributed by atoms with Crippen LogP contribution in [0.4, 0.5) is 8.78 Å². The molecule has 1 rings (SSSR count). The zero-order valence-corrected chi connectivity index (χ0v) is 11.0. The molecule has 19 heavy (non-hydrogen) atoms. The molecule has 2 N–H and O–H groups in total. The van der Waals surface area contributed by atoms with Gasteiger partial charge >= 0.3 is 5.97 Å². The lowest BCUT2D eigenvalue weighted by molar-refractivity contribution is -0.145. The van der Waals surface area contributed by atoms with Crippen molar-refractivity contribution < 1.29 is 23.8 Å². The molecule has 0 radical (unpaired) electrons. The Kier molecular flexibility index (Phi) is 5.00. The van der Waals surface area contributed by atoms with E-state index in [-0.39, 0.29) is 25.2 Å². The summed E-state index contributed by atoms with van der Waals surface area (Å²) in [6, 6.07) is 3.14. The maximum atomic E-state index is 13.0. The standard InChI is InChI=1S/C14H18F2O3/c1-9(2)14(19,8-13(17)18)4-3-10-5-11(15)7-12(16)6-10/h5-7,9,19H,3-4,8H2,1-2H3,(H,17,18)/t14-/m0/s1. The number of benzene rings is 1. The van der Waals surface area contributed by atoms with Crippen molar-refractivity contribution in [3.05, 3.63) is 35.4 Å². The molecule has 1 atom stereocenters. The van der Waals surface area contributed by atoms with Gasteiger partial charge in [0.2, 0.25) is 0 Å². The minimum absolute atomic E-state index is 0.139. The second-order valence-corrected chi connectivity index (χ2v) is 5.11. The first-order chi connectivity index (χ1) is 8.73. The molecule has 0 bridgehead atoms. The number of rotatable bonds is 6. The Morgan fingerprint density at radius 2 is 1.79 bits per heavy atom. The lowest BCUT2D eigenvalue weighted by Crippen LogP contribution is -2.38. The molecule has 0 saturated carbocycles. The van der Waals surface area contributed by atoms with E-state index in [0.717, 1.165) is 6.07 Å². The Balaban J connectivity index is 2.78. The Morgan fingerprint density at radius 3 is 2.21 bits per heavy atom.